The van der Waals surface area contributed by atoms with Gasteiger partial charge in [-0.25, -0.2) is 4.39 Å². The fourth-order valence-corrected chi connectivity index (χ4v) is 3.96. The number of carboxylic acid groups (broad SMARTS) is 1. The summed E-state index contributed by atoms with van der Waals surface area (Å²) in [5.74, 6) is -0.852. The number of rotatable bonds is 8. The second kappa shape index (κ2) is 10.4. The van der Waals surface area contributed by atoms with Crippen LogP contribution in [-0.4, -0.2) is 59.1 Å². The summed E-state index contributed by atoms with van der Waals surface area (Å²) < 4.78 is 18.9. The van der Waals surface area contributed by atoms with Gasteiger partial charge in [-0.1, -0.05) is 36.8 Å². The number of hydrogen-bond acceptors (Lipinski definition) is 4. The smallest absolute Gasteiger partial charge is 0.307 e. The van der Waals surface area contributed by atoms with Crippen molar-refractivity contribution in [3.05, 3.63) is 65.0 Å². The number of amides is 1. The number of aliphatic carboxylic acids is 1. The van der Waals surface area contributed by atoms with E-state index in [-0.39, 0.29) is 30.8 Å². The molecule has 6 nitrogen and oxygen atoms in total. The molecule has 31 heavy (non-hydrogen) atoms. The van der Waals surface area contributed by atoms with Crippen molar-refractivity contribution in [1.82, 2.24) is 9.80 Å². The summed E-state index contributed by atoms with van der Waals surface area (Å²) in [4.78, 5) is 28.1. The summed E-state index contributed by atoms with van der Waals surface area (Å²) in [5, 5.41) is 9.12. The van der Waals surface area contributed by atoms with Gasteiger partial charge in [0, 0.05) is 37.8 Å². The van der Waals surface area contributed by atoms with E-state index in [0.717, 1.165) is 37.2 Å². The minimum atomic E-state index is -0.940. The van der Waals surface area contributed by atoms with Crippen molar-refractivity contribution in [3.8, 4) is 5.75 Å². The molecular formula is C24H29FN2O4. The van der Waals surface area contributed by atoms with Crippen molar-refractivity contribution in [1.29, 1.82) is 0 Å². The number of hydrogen-bond donors (Lipinski definition) is 1. The van der Waals surface area contributed by atoms with Crippen molar-refractivity contribution < 1.29 is 23.8 Å². The van der Waals surface area contributed by atoms with E-state index in [9.17, 15) is 14.0 Å². The topological polar surface area (TPSA) is 70.1 Å². The Bertz CT molecular complexity index is 916. The molecule has 0 bridgehead atoms. The predicted molar refractivity (Wildman–Crippen MR) is 115 cm³/mol. The summed E-state index contributed by atoms with van der Waals surface area (Å²) in [6.45, 7) is 6.61. The van der Waals surface area contributed by atoms with E-state index in [0.29, 0.717) is 17.9 Å². The van der Waals surface area contributed by atoms with Gasteiger partial charge in [0.25, 0.3) is 5.91 Å². The average Bonchev–Trinajstić information content (AvgIpc) is 2.74. The molecule has 1 aliphatic rings. The Labute approximate surface area is 182 Å². The number of halogens is 1. The number of carbonyl (C=O) groups is 2. The Balaban J connectivity index is 1.58. The zero-order valence-corrected chi connectivity index (χ0v) is 18.0. The molecule has 1 fully saturated rings. The third-order valence-corrected chi connectivity index (χ3v) is 5.59. The van der Waals surface area contributed by atoms with Crippen LogP contribution in [0.3, 0.4) is 0 Å². The van der Waals surface area contributed by atoms with Crippen LogP contribution in [-0.2, 0) is 22.6 Å². The molecule has 2 aromatic carbocycles. The number of carboxylic acids is 1. The first kappa shape index (κ1) is 22.7. The highest BCUT2D eigenvalue weighted by molar-refractivity contribution is 5.78. The average molecular weight is 429 g/mol. The lowest BCUT2D eigenvalue weighted by Gasteiger charge is -2.41. The number of benzene rings is 2. The van der Waals surface area contributed by atoms with Crippen molar-refractivity contribution in [2.24, 2.45) is 0 Å². The quantitative estimate of drug-likeness (QED) is 0.699. The van der Waals surface area contributed by atoms with Crippen LogP contribution in [0.5, 0.6) is 5.75 Å². The first-order valence-corrected chi connectivity index (χ1v) is 10.6. The fourth-order valence-electron chi connectivity index (χ4n) is 3.96. The molecule has 1 N–H and O–H groups in total. The van der Waals surface area contributed by atoms with Crippen LogP contribution >= 0.6 is 0 Å². The molecular weight excluding hydrogens is 399 g/mol. The van der Waals surface area contributed by atoms with Gasteiger partial charge in [-0.15, -0.1) is 0 Å². The standard InChI is InChI=1S/C24H29FN2O4/c1-3-21-15-26(14-18-5-7-20(25)8-6-18)10-11-27(21)23(28)16-31-22-9-4-17(2)12-19(22)13-24(29)30/h4-9,12,21H,3,10-11,13-16H2,1-2H3,(H,29,30)/t21-/m1/s1. The molecule has 1 saturated heterocycles. The van der Waals surface area contributed by atoms with Gasteiger partial charge in [0.1, 0.15) is 11.6 Å². The van der Waals surface area contributed by atoms with Crippen LogP contribution in [0.1, 0.15) is 30.0 Å². The Hall–Kier alpha value is -2.93. The van der Waals surface area contributed by atoms with Crippen molar-refractivity contribution in [2.45, 2.75) is 39.3 Å². The first-order valence-electron chi connectivity index (χ1n) is 10.6. The molecule has 1 aliphatic heterocycles. The largest absolute Gasteiger partial charge is 0.483 e. The van der Waals surface area contributed by atoms with Crippen LogP contribution in [0.15, 0.2) is 42.5 Å². The molecule has 7 heteroatoms. The zero-order chi connectivity index (χ0) is 22.4. The summed E-state index contributed by atoms with van der Waals surface area (Å²) in [5.41, 5.74) is 2.56. The molecule has 0 aliphatic carbocycles. The minimum absolute atomic E-state index is 0.0711. The fraction of sp³-hybridized carbons (Fsp3) is 0.417. The van der Waals surface area contributed by atoms with Crippen LogP contribution in [0.4, 0.5) is 4.39 Å². The van der Waals surface area contributed by atoms with E-state index in [1.165, 1.54) is 12.1 Å². The molecule has 0 saturated carbocycles. The molecule has 0 radical (unpaired) electrons. The second-order valence-electron chi connectivity index (χ2n) is 7.98. The molecule has 0 unspecified atom stereocenters. The number of ether oxygens (including phenoxy) is 1. The lowest BCUT2D eigenvalue weighted by molar-refractivity contribution is -0.138. The van der Waals surface area contributed by atoms with Crippen LogP contribution in [0, 0.1) is 12.7 Å². The molecule has 1 heterocycles. The van der Waals surface area contributed by atoms with Crippen LogP contribution in [0.2, 0.25) is 0 Å². The Morgan fingerprint density at radius 3 is 2.58 bits per heavy atom. The third kappa shape index (κ3) is 6.28. The summed E-state index contributed by atoms with van der Waals surface area (Å²) in [6, 6.07) is 11.9. The number of aryl methyl sites for hydroxylation is 1. The molecule has 0 spiro atoms. The summed E-state index contributed by atoms with van der Waals surface area (Å²) in [7, 11) is 0. The molecule has 166 valence electrons. The molecule has 0 aromatic heterocycles. The Kier molecular flexibility index (Phi) is 7.63. The minimum Gasteiger partial charge on any atom is -0.483 e. The maximum atomic E-state index is 13.1. The molecule has 2 aromatic rings. The molecule has 1 amide bonds. The predicted octanol–water partition coefficient (Wildman–Crippen LogP) is 3.26. The Morgan fingerprint density at radius 1 is 1.16 bits per heavy atom. The normalized spacial score (nSPS) is 16.9. The highest BCUT2D eigenvalue weighted by atomic mass is 19.1. The van der Waals surface area contributed by atoms with E-state index in [1.54, 1.807) is 24.3 Å². The maximum absolute atomic E-state index is 13.1. The van der Waals surface area contributed by atoms with Gasteiger partial charge >= 0.3 is 5.97 Å². The molecule has 1 atom stereocenters. The van der Waals surface area contributed by atoms with Crippen molar-refractivity contribution >= 4 is 11.9 Å². The summed E-state index contributed by atoms with van der Waals surface area (Å²) >= 11 is 0. The number of nitrogens with zero attached hydrogens (tertiary/aromatic N) is 2. The zero-order valence-electron chi connectivity index (χ0n) is 18.0. The van der Waals surface area contributed by atoms with E-state index >= 15 is 0 Å². The Morgan fingerprint density at radius 2 is 1.90 bits per heavy atom. The van der Waals surface area contributed by atoms with Crippen LogP contribution < -0.4 is 4.74 Å². The van der Waals surface area contributed by atoms with Gasteiger partial charge in [0.15, 0.2) is 6.61 Å². The van der Waals surface area contributed by atoms with Gasteiger partial charge in [-0.05, 0) is 37.1 Å². The SMILES string of the molecule is CC[C@@H]1CN(Cc2ccc(F)cc2)CCN1C(=O)COc1ccc(C)cc1CC(=O)O. The number of carbonyl (C=O) groups excluding carboxylic acids is 1. The molecule has 3 rings (SSSR count). The lowest BCUT2D eigenvalue weighted by Crippen LogP contribution is -2.55. The van der Waals surface area contributed by atoms with Gasteiger partial charge in [-0.3, -0.25) is 14.5 Å². The van der Waals surface area contributed by atoms with E-state index < -0.39 is 5.97 Å². The van der Waals surface area contributed by atoms with E-state index in [1.807, 2.05) is 17.9 Å². The first-order chi connectivity index (χ1) is 14.9. The monoisotopic (exact) mass is 428 g/mol. The van der Waals surface area contributed by atoms with Gasteiger partial charge < -0.3 is 14.7 Å². The highest BCUT2D eigenvalue weighted by Gasteiger charge is 2.29. The summed E-state index contributed by atoms with van der Waals surface area (Å²) in [6.07, 6.45) is 0.672. The number of piperazine rings is 1. The highest BCUT2D eigenvalue weighted by Crippen LogP contribution is 2.22. The van der Waals surface area contributed by atoms with Gasteiger partial charge in [-0.2, -0.15) is 0 Å². The third-order valence-electron chi connectivity index (χ3n) is 5.59. The van der Waals surface area contributed by atoms with Gasteiger partial charge in [0.2, 0.25) is 0 Å². The lowest BCUT2D eigenvalue weighted by atomic mass is 10.1. The van der Waals surface area contributed by atoms with Crippen molar-refractivity contribution in [3.63, 3.8) is 0 Å². The van der Waals surface area contributed by atoms with Crippen LogP contribution in [0.25, 0.3) is 0 Å². The van der Waals surface area contributed by atoms with Gasteiger partial charge in [0.05, 0.1) is 6.42 Å². The van der Waals surface area contributed by atoms with E-state index in [2.05, 4.69) is 11.8 Å². The maximum Gasteiger partial charge on any atom is 0.307 e. The van der Waals surface area contributed by atoms with E-state index in [4.69, 9.17) is 9.84 Å². The van der Waals surface area contributed by atoms with Crippen molar-refractivity contribution in [2.75, 3.05) is 26.2 Å². The second-order valence-corrected chi connectivity index (χ2v) is 7.98.